The van der Waals surface area contributed by atoms with Crippen LogP contribution in [-0.2, 0) is 0 Å². The molecule has 3 aromatic rings. The van der Waals surface area contributed by atoms with Gasteiger partial charge in [0.15, 0.2) is 0 Å². The van der Waals surface area contributed by atoms with Crippen LogP contribution in [0.5, 0.6) is 11.6 Å². The molecule has 0 spiro atoms. The molecular weight excluding hydrogens is 559 g/mol. The molecule has 0 unspecified atom stereocenters. The minimum absolute atomic E-state index is 0.292. The molecule has 0 radical (unpaired) electrons. The highest BCUT2D eigenvalue weighted by molar-refractivity contribution is 5.84. The number of fused-ring (bicyclic) bond motifs is 2. The summed E-state index contributed by atoms with van der Waals surface area (Å²) in [5.41, 5.74) is 4.98. The van der Waals surface area contributed by atoms with Crippen LogP contribution in [0.3, 0.4) is 0 Å². The number of alkyl halides is 3. The van der Waals surface area contributed by atoms with Crippen molar-refractivity contribution in [2.24, 2.45) is 4.99 Å². The molecule has 2 aliphatic heterocycles. The number of hydrogen-bond acceptors (Lipinski definition) is 8. The van der Waals surface area contributed by atoms with E-state index in [-0.39, 0.29) is 5.75 Å². The van der Waals surface area contributed by atoms with Gasteiger partial charge in [-0.2, -0.15) is 0 Å². The molecule has 0 amide bonds. The quantitative estimate of drug-likeness (QED) is 0.247. The van der Waals surface area contributed by atoms with E-state index < -0.39 is 6.36 Å². The first-order chi connectivity index (χ1) is 20.9. The molecule has 43 heavy (non-hydrogen) atoms. The second-order valence-corrected chi connectivity index (χ2v) is 9.99. The highest BCUT2D eigenvalue weighted by Gasteiger charge is 2.31. The number of halogens is 3. The summed E-state index contributed by atoms with van der Waals surface area (Å²) >= 11 is 0. The molecule has 9 nitrogen and oxygen atoms in total. The van der Waals surface area contributed by atoms with E-state index in [1.807, 2.05) is 53.1 Å². The Kier molecular flexibility index (Phi) is 8.12. The van der Waals surface area contributed by atoms with E-state index in [1.165, 1.54) is 12.1 Å². The monoisotopic (exact) mass is 589 g/mol. The molecular formula is C31H30F3N7O2. The molecule has 2 N–H and O–H groups in total. The van der Waals surface area contributed by atoms with E-state index in [0.717, 1.165) is 55.1 Å². The van der Waals surface area contributed by atoms with Gasteiger partial charge >= 0.3 is 6.36 Å². The third kappa shape index (κ3) is 6.55. The summed E-state index contributed by atoms with van der Waals surface area (Å²) in [6, 6.07) is 21.0. The minimum atomic E-state index is -4.77. The van der Waals surface area contributed by atoms with E-state index in [1.54, 1.807) is 25.4 Å². The largest absolute Gasteiger partial charge is 0.573 e. The number of aromatic nitrogens is 3. The van der Waals surface area contributed by atoms with E-state index in [0.29, 0.717) is 34.9 Å². The van der Waals surface area contributed by atoms with Gasteiger partial charge in [0.1, 0.15) is 11.4 Å². The van der Waals surface area contributed by atoms with Crippen LogP contribution in [0, 0.1) is 0 Å². The minimum Gasteiger partial charge on any atom is -0.480 e. The van der Waals surface area contributed by atoms with Crippen molar-refractivity contribution >= 4 is 22.4 Å². The molecule has 1 aliphatic carbocycles. The summed E-state index contributed by atoms with van der Waals surface area (Å²) in [7, 11) is 1.56. The number of nitrogens with one attached hydrogen (secondary N) is 2. The molecule has 12 heteroatoms. The Morgan fingerprint density at radius 1 is 0.977 bits per heavy atom. The van der Waals surface area contributed by atoms with Crippen LogP contribution in [0.15, 0.2) is 84.0 Å². The zero-order valence-corrected chi connectivity index (χ0v) is 23.4. The molecule has 222 valence electrons. The molecule has 1 aromatic heterocycles. The van der Waals surface area contributed by atoms with Crippen molar-refractivity contribution in [3.63, 3.8) is 0 Å². The molecule has 1 saturated heterocycles. The number of hydrogen-bond donors (Lipinski definition) is 2. The van der Waals surface area contributed by atoms with E-state index in [4.69, 9.17) is 14.7 Å². The second-order valence-electron chi connectivity index (χ2n) is 9.99. The number of piperazine rings is 1. The van der Waals surface area contributed by atoms with Crippen LogP contribution in [0.25, 0.3) is 28.1 Å². The molecule has 2 aromatic carbocycles. The fraction of sp³-hybridized carbons (Fsp3) is 0.258. The summed E-state index contributed by atoms with van der Waals surface area (Å²) in [5, 5.41) is 7.50. The van der Waals surface area contributed by atoms with E-state index in [2.05, 4.69) is 25.3 Å². The van der Waals surface area contributed by atoms with Gasteiger partial charge in [-0.25, -0.2) is 9.97 Å². The highest BCUT2D eigenvalue weighted by Crippen LogP contribution is 2.32. The lowest BCUT2D eigenvalue weighted by Gasteiger charge is -2.26. The Morgan fingerprint density at radius 3 is 2.53 bits per heavy atom. The predicted octanol–water partition coefficient (Wildman–Crippen LogP) is 4.98. The molecule has 0 atom stereocenters. The van der Waals surface area contributed by atoms with Gasteiger partial charge in [0.05, 0.1) is 47.1 Å². The van der Waals surface area contributed by atoms with Crippen LogP contribution >= 0.6 is 0 Å². The van der Waals surface area contributed by atoms with Crippen molar-refractivity contribution < 1.29 is 22.6 Å². The number of para-hydroxylation sites is 2. The Hall–Kier alpha value is -4.68. The predicted molar refractivity (Wildman–Crippen MR) is 158 cm³/mol. The average Bonchev–Trinajstić information content (AvgIpc) is 3.01. The molecule has 3 heterocycles. The average molecular weight is 590 g/mol. The number of nitrogens with zero attached hydrogens (tertiary/aromatic N) is 5. The SMILES string of the molecule is COc1ncccc1Nc1cc2nc3ccccc3n(-c3ccc(OC(F)(F)F)cc3)c-2cc1=NCCN1CCNCC1. The Morgan fingerprint density at radius 2 is 1.77 bits per heavy atom. The van der Waals surface area contributed by atoms with Gasteiger partial charge in [0.25, 0.3) is 0 Å². The Bertz CT molecular complexity index is 1750. The van der Waals surface area contributed by atoms with Crippen molar-refractivity contribution in [3.8, 4) is 28.7 Å². The van der Waals surface area contributed by atoms with Gasteiger partial charge in [0, 0.05) is 44.6 Å². The summed E-state index contributed by atoms with van der Waals surface area (Å²) in [6.07, 6.45) is -3.11. The fourth-order valence-corrected chi connectivity index (χ4v) is 5.19. The van der Waals surface area contributed by atoms with Crippen molar-refractivity contribution in [1.82, 2.24) is 24.8 Å². The first-order valence-corrected chi connectivity index (χ1v) is 13.9. The van der Waals surface area contributed by atoms with Gasteiger partial charge in [0.2, 0.25) is 5.88 Å². The van der Waals surface area contributed by atoms with Crippen molar-refractivity contribution in [2.75, 3.05) is 51.7 Å². The van der Waals surface area contributed by atoms with Crippen molar-refractivity contribution in [1.29, 1.82) is 0 Å². The zero-order chi connectivity index (χ0) is 29.8. The molecule has 3 aliphatic rings. The van der Waals surface area contributed by atoms with Gasteiger partial charge in [-0.1, -0.05) is 12.1 Å². The smallest absolute Gasteiger partial charge is 0.480 e. The maximum atomic E-state index is 12.8. The number of benzene rings is 3. The van der Waals surface area contributed by atoms with E-state index >= 15 is 0 Å². The number of ether oxygens (including phenoxy) is 2. The van der Waals surface area contributed by atoms with Gasteiger partial charge in [-0.3, -0.25) is 9.89 Å². The topological polar surface area (TPSA) is 88.8 Å². The van der Waals surface area contributed by atoms with Crippen molar-refractivity contribution in [2.45, 2.75) is 6.36 Å². The second kappa shape index (κ2) is 12.3. The van der Waals surface area contributed by atoms with Gasteiger partial charge in [-0.15, -0.1) is 13.2 Å². The normalized spacial score (nSPS) is 14.7. The summed E-state index contributed by atoms with van der Waals surface area (Å²) in [6.45, 7) is 5.23. The third-order valence-electron chi connectivity index (χ3n) is 7.17. The first-order valence-electron chi connectivity index (χ1n) is 13.9. The van der Waals surface area contributed by atoms with E-state index in [9.17, 15) is 13.2 Å². The standard InChI is InChI=1S/C31H30F3N7O2/c1-42-30-24(6-4-12-37-30)39-26-19-27-29(20-25(26)36-15-18-40-16-13-35-14-17-40)41(28-7-3-2-5-23(28)38-27)21-8-10-22(11-9-21)43-31(32,33)34/h2-12,19-20,35,39H,13-18H2,1H3. The Labute approximate surface area is 246 Å². The van der Waals surface area contributed by atoms with Crippen LogP contribution in [0.1, 0.15) is 0 Å². The zero-order valence-electron chi connectivity index (χ0n) is 23.4. The lowest BCUT2D eigenvalue weighted by atomic mass is 10.1. The molecule has 0 saturated carbocycles. The van der Waals surface area contributed by atoms with Crippen LogP contribution in [0.2, 0.25) is 0 Å². The fourth-order valence-electron chi connectivity index (χ4n) is 5.19. The van der Waals surface area contributed by atoms with Crippen LogP contribution < -0.4 is 25.5 Å². The Balaban J connectivity index is 1.49. The van der Waals surface area contributed by atoms with Crippen LogP contribution in [-0.4, -0.2) is 72.2 Å². The number of rotatable bonds is 8. The first kappa shape index (κ1) is 28.4. The summed E-state index contributed by atoms with van der Waals surface area (Å²) in [4.78, 5) is 16.6. The molecule has 0 bridgehead atoms. The maximum Gasteiger partial charge on any atom is 0.573 e. The van der Waals surface area contributed by atoms with Gasteiger partial charge in [-0.05, 0) is 60.7 Å². The lowest BCUT2D eigenvalue weighted by Crippen LogP contribution is -2.44. The third-order valence-corrected chi connectivity index (χ3v) is 7.17. The summed E-state index contributed by atoms with van der Waals surface area (Å²) < 4.78 is 50.0. The number of pyridine rings is 1. The highest BCUT2D eigenvalue weighted by atomic mass is 19.4. The van der Waals surface area contributed by atoms with Gasteiger partial charge < -0.3 is 24.7 Å². The maximum absolute atomic E-state index is 12.8. The number of anilines is 2. The molecule has 1 fully saturated rings. The number of methoxy groups -OCH3 is 1. The lowest BCUT2D eigenvalue weighted by molar-refractivity contribution is -0.274. The summed E-state index contributed by atoms with van der Waals surface area (Å²) in [5.74, 6) is 0.150. The molecule has 6 rings (SSSR count). The van der Waals surface area contributed by atoms with Crippen molar-refractivity contribution in [3.05, 3.63) is 84.4 Å². The van der Waals surface area contributed by atoms with Crippen LogP contribution in [0.4, 0.5) is 24.5 Å².